The minimum atomic E-state index is -0.338. The SMILES string of the molecule is CC1CCC2C(C1)C(=O)N(CCCOC(C)C)C1NN=C(SCc3ccc(F)cc3Cl)N21. The Balaban J connectivity index is 1.48. The number of amides is 1. The van der Waals surface area contributed by atoms with Crippen molar-refractivity contribution in [1.82, 2.24) is 15.2 Å². The summed E-state index contributed by atoms with van der Waals surface area (Å²) in [6.45, 7) is 7.54. The van der Waals surface area contributed by atoms with Crippen molar-refractivity contribution >= 4 is 34.4 Å². The molecule has 6 nitrogen and oxygen atoms in total. The predicted octanol–water partition coefficient (Wildman–Crippen LogP) is 4.63. The van der Waals surface area contributed by atoms with E-state index in [-0.39, 0.29) is 36.1 Å². The second kappa shape index (κ2) is 10.2. The number of halogens is 2. The molecule has 2 aliphatic heterocycles. The summed E-state index contributed by atoms with van der Waals surface area (Å²) >= 11 is 7.81. The van der Waals surface area contributed by atoms with Crippen LogP contribution in [0.1, 0.15) is 52.0 Å². The lowest BCUT2D eigenvalue weighted by Gasteiger charge is -2.51. The Labute approximate surface area is 198 Å². The maximum Gasteiger partial charge on any atom is 0.230 e. The fourth-order valence-corrected chi connectivity index (χ4v) is 6.20. The molecule has 4 unspecified atom stereocenters. The number of carbonyl (C=O) groups excluding carboxylic acids is 1. The predicted molar refractivity (Wildman–Crippen MR) is 127 cm³/mol. The van der Waals surface area contributed by atoms with E-state index in [1.165, 1.54) is 12.1 Å². The van der Waals surface area contributed by atoms with E-state index in [0.717, 1.165) is 36.4 Å². The van der Waals surface area contributed by atoms with E-state index in [1.807, 2.05) is 18.7 Å². The molecule has 1 N–H and O–H groups in total. The molecule has 1 saturated heterocycles. The molecule has 1 aliphatic carbocycles. The summed E-state index contributed by atoms with van der Waals surface area (Å²) < 4.78 is 19.1. The molecule has 1 aromatic rings. The Hall–Kier alpha value is -1.51. The number of fused-ring (bicyclic) bond motifs is 3. The molecule has 2 heterocycles. The smallest absolute Gasteiger partial charge is 0.230 e. The van der Waals surface area contributed by atoms with Gasteiger partial charge in [-0.25, -0.2) is 4.39 Å². The van der Waals surface area contributed by atoms with Crippen LogP contribution in [0.4, 0.5) is 4.39 Å². The number of rotatable bonds is 7. The summed E-state index contributed by atoms with van der Waals surface area (Å²) in [4.78, 5) is 17.7. The van der Waals surface area contributed by atoms with E-state index in [1.54, 1.807) is 17.8 Å². The van der Waals surface area contributed by atoms with Crippen LogP contribution in [0, 0.1) is 17.7 Å². The van der Waals surface area contributed by atoms with Gasteiger partial charge in [-0.15, -0.1) is 0 Å². The van der Waals surface area contributed by atoms with Gasteiger partial charge in [0.2, 0.25) is 5.91 Å². The van der Waals surface area contributed by atoms with Crippen LogP contribution in [0.25, 0.3) is 0 Å². The molecule has 0 radical (unpaired) electrons. The number of thioether (sulfide) groups is 1. The standard InChI is InChI=1S/C23H32ClFN4O2S/c1-14(2)31-10-4-9-28-21(30)18-11-15(3)5-8-20(18)29-22(28)26-27-23(29)32-13-16-6-7-17(25)12-19(16)24/h6-7,12,14-15,18,20,22,26H,4-5,8-11,13H2,1-3H3. The Kier molecular flexibility index (Phi) is 7.52. The number of carbonyl (C=O) groups is 1. The number of amidine groups is 1. The summed E-state index contributed by atoms with van der Waals surface area (Å²) in [5.74, 6) is 1.01. The Morgan fingerprint density at radius 3 is 2.94 bits per heavy atom. The lowest BCUT2D eigenvalue weighted by atomic mass is 9.76. The molecule has 1 saturated carbocycles. The first-order valence-electron chi connectivity index (χ1n) is 11.5. The van der Waals surface area contributed by atoms with Gasteiger partial charge in [-0.2, -0.15) is 5.10 Å². The fraction of sp³-hybridized carbons (Fsp3) is 0.652. The lowest BCUT2D eigenvalue weighted by Crippen LogP contribution is -2.67. The number of ether oxygens (including phenoxy) is 1. The number of benzene rings is 1. The zero-order chi connectivity index (χ0) is 22.8. The molecule has 9 heteroatoms. The molecule has 0 spiro atoms. The molecular formula is C23H32ClFN4O2S. The lowest BCUT2D eigenvalue weighted by molar-refractivity contribution is -0.156. The third kappa shape index (κ3) is 5.02. The second-order valence-electron chi connectivity index (χ2n) is 9.23. The van der Waals surface area contributed by atoms with Crippen molar-refractivity contribution in [2.45, 2.75) is 70.6 Å². The molecule has 4 rings (SSSR count). The van der Waals surface area contributed by atoms with Gasteiger partial charge in [0.25, 0.3) is 0 Å². The van der Waals surface area contributed by atoms with Gasteiger partial charge < -0.3 is 14.5 Å². The van der Waals surface area contributed by atoms with Gasteiger partial charge in [0.1, 0.15) is 5.82 Å². The second-order valence-corrected chi connectivity index (χ2v) is 10.6. The molecular weight excluding hydrogens is 451 g/mol. The van der Waals surface area contributed by atoms with Crippen molar-refractivity contribution in [2.75, 3.05) is 13.2 Å². The third-order valence-electron chi connectivity index (χ3n) is 6.46. The van der Waals surface area contributed by atoms with E-state index in [0.29, 0.717) is 29.8 Å². The largest absolute Gasteiger partial charge is 0.379 e. The first-order chi connectivity index (χ1) is 15.3. The minimum Gasteiger partial charge on any atom is -0.379 e. The van der Waals surface area contributed by atoms with Gasteiger partial charge in [0.05, 0.1) is 12.0 Å². The number of hydrazone groups is 1. The summed E-state index contributed by atoms with van der Waals surface area (Å²) in [6.07, 6.45) is 3.71. The van der Waals surface area contributed by atoms with Gasteiger partial charge in [0, 0.05) is 30.0 Å². The van der Waals surface area contributed by atoms with Gasteiger partial charge in [-0.1, -0.05) is 36.4 Å². The first-order valence-corrected chi connectivity index (χ1v) is 12.8. The molecule has 32 heavy (non-hydrogen) atoms. The highest BCUT2D eigenvalue weighted by molar-refractivity contribution is 8.13. The summed E-state index contributed by atoms with van der Waals surface area (Å²) in [5.41, 5.74) is 4.08. The zero-order valence-electron chi connectivity index (χ0n) is 18.9. The minimum absolute atomic E-state index is 0.0128. The average molecular weight is 483 g/mol. The van der Waals surface area contributed by atoms with Crippen molar-refractivity contribution in [3.63, 3.8) is 0 Å². The van der Waals surface area contributed by atoms with Crippen LogP contribution >= 0.6 is 23.4 Å². The summed E-state index contributed by atoms with van der Waals surface area (Å²) in [6, 6.07) is 4.64. The van der Waals surface area contributed by atoms with Gasteiger partial charge in [0.15, 0.2) is 11.5 Å². The highest BCUT2D eigenvalue weighted by Crippen LogP contribution is 2.41. The van der Waals surface area contributed by atoms with Crippen LogP contribution in [0.2, 0.25) is 5.02 Å². The van der Waals surface area contributed by atoms with Crippen LogP contribution in [-0.4, -0.2) is 52.5 Å². The molecule has 2 fully saturated rings. The quantitative estimate of drug-likeness (QED) is 0.574. The van der Waals surface area contributed by atoms with Crippen LogP contribution in [-0.2, 0) is 15.3 Å². The number of hydrogen-bond donors (Lipinski definition) is 1. The Morgan fingerprint density at radius 1 is 1.38 bits per heavy atom. The van der Waals surface area contributed by atoms with Crippen molar-refractivity contribution in [3.05, 3.63) is 34.6 Å². The normalized spacial score (nSPS) is 27.3. The number of nitrogens with one attached hydrogen (secondary N) is 1. The van der Waals surface area contributed by atoms with Crippen LogP contribution in [0.15, 0.2) is 23.3 Å². The van der Waals surface area contributed by atoms with E-state index < -0.39 is 0 Å². The molecule has 1 amide bonds. The van der Waals surface area contributed by atoms with Crippen molar-refractivity contribution in [1.29, 1.82) is 0 Å². The van der Waals surface area contributed by atoms with Crippen LogP contribution < -0.4 is 5.43 Å². The fourth-order valence-electron chi connectivity index (χ4n) is 4.85. The number of hydrogen-bond acceptors (Lipinski definition) is 6. The molecule has 0 aromatic heterocycles. The maximum atomic E-state index is 13.4. The Bertz CT molecular complexity index is 870. The first kappa shape index (κ1) is 23.6. The van der Waals surface area contributed by atoms with E-state index in [9.17, 15) is 9.18 Å². The molecule has 0 bridgehead atoms. The summed E-state index contributed by atoms with van der Waals surface area (Å²) in [7, 11) is 0. The topological polar surface area (TPSA) is 57.2 Å². The third-order valence-corrected chi connectivity index (χ3v) is 7.82. The molecule has 176 valence electrons. The van der Waals surface area contributed by atoms with Gasteiger partial charge >= 0.3 is 0 Å². The van der Waals surface area contributed by atoms with Crippen molar-refractivity contribution in [3.8, 4) is 0 Å². The van der Waals surface area contributed by atoms with Gasteiger partial charge in [-0.3, -0.25) is 10.2 Å². The monoisotopic (exact) mass is 482 g/mol. The molecule has 3 aliphatic rings. The number of nitrogens with zero attached hydrogens (tertiary/aromatic N) is 3. The van der Waals surface area contributed by atoms with E-state index >= 15 is 0 Å². The zero-order valence-corrected chi connectivity index (χ0v) is 20.5. The molecule has 4 atom stereocenters. The van der Waals surface area contributed by atoms with Crippen molar-refractivity contribution < 1.29 is 13.9 Å². The highest BCUT2D eigenvalue weighted by atomic mass is 35.5. The Morgan fingerprint density at radius 2 is 2.19 bits per heavy atom. The average Bonchev–Trinajstić information content (AvgIpc) is 3.16. The van der Waals surface area contributed by atoms with Crippen LogP contribution in [0.5, 0.6) is 0 Å². The van der Waals surface area contributed by atoms with Crippen LogP contribution in [0.3, 0.4) is 0 Å². The highest BCUT2D eigenvalue weighted by Gasteiger charge is 2.51. The van der Waals surface area contributed by atoms with Gasteiger partial charge in [-0.05, 0) is 63.1 Å². The summed E-state index contributed by atoms with van der Waals surface area (Å²) in [5, 5.41) is 5.90. The molecule has 1 aromatic carbocycles. The maximum absolute atomic E-state index is 13.4. The van der Waals surface area contributed by atoms with Crippen molar-refractivity contribution in [2.24, 2.45) is 16.9 Å². The van der Waals surface area contributed by atoms with E-state index in [2.05, 4.69) is 22.4 Å². The van der Waals surface area contributed by atoms with E-state index in [4.69, 9.17) is 16.3 Å².